The lowest BCUT2D eigenvalue weighted by Gasteiger charge is -2.33. The summed E-state index contributed by atoms with van der Waals surface area (Å²) in [6.07, 6.45) is 7.78. The van der Waals surface area contributed by atoms with E-state index in [1.807, 2.05) is 71.2 Å². The maximum absolute atomic E-state index is 14.8. The van der Waals surface area contributed by atoms with Crippen LogP contribution < -0.4 is 16.2 Å². The lowest BCUT2D eigenvalue weighted by Crippen LogP contribution is -2.53. The SMILES string of the molecule is Cc1n[nH]c(C)c1-c1ccc(NC(=O)[C@@H](NC(=O)C2(F)CC2)C(C)C2C=C(c3ccc(=O)n(C(C)C)c3)C=CC2Cl)cc1. The molecule has 4 atom stereocenters. The third-order valence-electron chi connectivity index (χ3n) is 8.39. The first-order chi connectivity index (χ1) is 20.4. The number of halogens is 2. The fourth-order valence-corrected chi connectivity index (χ4v) is 5.95. The molecule has 226 valence electrons. The Morgan fingerprint density at radius 1 is 1.09 bits per heavy atom. The molecule has 2 amide bonds. The van der Waals surface area contributed by atoms with Crippen LogP contribution in [0.1, 0.15) is 56.6 Å². The molecular formula is C33H37ClFN5O3. The molecule has 2 heterocycles. The first kappa shape index (κ1) is 30.5. The molecule has 0 aliphatic heterocycles. The third kappa shape index (κ3) is 6.37. The van der Waals surface area contributed by atoms with Gasteiger partial charge < -0.3 is 15.2 Å². The standard InChI is InChI=1S/C33H37ClFN5O3/c1-18(2)40-17-24(9-13-28(40)41)23-8-12-27(34)26(16-23)19(3)30(37-32(43)33(35)14-15-33)31(42)36-25-10-6-22(7-11-25)29-20(4)38-39-21(29)5/h6-13,16-19,26-27,30H,14-15H2,1-5H3,(H,36,42)(H,37,43)(H,38,39)/t19?,26?,27?,30-/m0/s1. The molecule has 1 fully saturated rings. The van der Waals surface area contributed by atoms with Crippen molar-refractivity contribution in [2.24, 2.45) is 11.8 Å². The average Bonchev–Trinajstić information content (AvgIpc) is 3.65. The molecule has 0 bridgehead atoms. The summed E-state index contributed by atoms with van der Waals surface area (Å²) >= 11 is 6.76. The molecule has 0 saturated heterocycles. The highest BCUT2D eigenvalue weighted by molar-refractivity contribution is 6.22. The number of carbonyl (C=O) groups is 2. The Bertz CT molecular complexity index is 1630. The van der Waals surface area contributed by atoms with Crippen molar-refractivity contribution in [1.82, 2.24) is 20.1 Å². The number of anilines is 1. The van der Waals surface area contributed by atoms with Gasteiger partial charge in [0.05, 0.1) is 11.1 Å². The van der Waals surface area contributed by atoms with Crippen LogP contribution in [0.25, 0.3) is 16.7 Å². The Hall–Kier alpha value is -3.98. The van der Waals surface area contributed by atoms with E-state index in [4.69, 9.17) is 11.6 Å². The highest BCUT2D eigenvalue weighted by atomic mass is 35.5. The number of hydrogen-bond acceptors (Lipinski definition) is 4. The van der Waals surface area contributed by atoms with Crippen LogP contribution in [-0.4, -0.2) is 43.7 Å². The number of alkyl halides is 2. The van der Waals surface area contributed by atoms with Crippen molar-refractivity contribution in [3.05, 3.63) is 88.1 Å². The Morgan fingerprint density at radius 2 is 1.77 bits per heavy atom. The van der Waals surface area contributed by atoms with E-state index in [0.29, 0.717) is 5.69 Å². The number of carbonyl (C=O) groups excluding carboxylic acids is 2. The molecule has 8 nitrogen and oxygen atoms in total. The zero-order valence-corrected chi connectivity index (χ0v) is 25.7. The molecule has 1 aromatic carbocycles. The molecule has 1 saturated carbocycles. The number of aromatic nitrogens is 3. The van der Waals surface area contributed by atoms with Crippen molar-refractivity contribution in [2.45, 2.75) is 70.6 Å². The number of nitrogens with one attached hydrogen (secondary N) is 3. The summed E-state index contributed by atoms with van der Waals surface area (Å²) in [4.78, 5) is 38.9. The molecule has 3 aromatic rings. The second-order valence-electron chi connectivity index (χ2n) is 11.9. The summed E-state index contributed by atoms with van der Waals surface area (Å²) in [7, 11) is 0. The lowest BCUT2D eigenvalue weighted by molar-refractivity contribution is -0.132. The number of benzene rings is 1. The number of pyridine rings is 1. The van der Waals surface area contributed by atoms with Crippen LogP contribution in [0.2, 0.25) is 0 Å². The van der Waals surface area contributed by atoms with Crippen molar-refractivity contribution in [1.29, 1.82) is 0 Å². The second kappa shape index (κ2) is 12.0. The Kier molecular flexibility index (Phi) is 8.47. The van der Waals surface area contributed by atoms with E-state index in [1.165, 1.54) is 6.07 Å². The third-order valence-corrected chi connectivity index (χ3v) is 8.83. The molecule has 0 spiro atoms. The molecule has 5 rings (SSSR count). The van der Waals surface area contributed by atoms with Crippen LogP contribution in [0.5, 0.6) is 0 Å². The number of hydrogen-bond donors (Lipinski definition) is 3. The highest BCUT2D eigenvalue weighted by Crippen LogP contribution is 2.41. The predicted octanol–water partition coefficient (Wildman–Crippen LogP) is 5.87. The van der Waals surface area contributed by atoms with Gasteiger partial charge in [0.1, 0.15) is 6.04 Å². The van der Waals surface area contributed by atoms with Crippen LogP contribution in [0.15, 0.2) is 65.6 Å². The summed E-state index contributed by atoms with van der Waals surface area (Å²) in [6.45, 7) is 9.58. The van der Waals surface area contributed by atoms with E-state index >= 15 is 0 Å². The number of amides is 2. The van der Waals surface area contributed by atoms with Crippen LogP contribution >= 0.6 is 11.6 Å². The fraction of sp³-hybridized carbons (Fsp3) is 0.394. The maximum Gasteiger partial charge on any atom is 0.258 e. The number of rotatable bonds is 9. The molecule has 2 aromatic heterocycles. The molecule has 0 radical (unpaired) electrons. The van der Waals surface area contributed by atoms with E-state index in [1.54, 1.807) is 22.8 Å². The minimum atomic E-state index is -1.95. The van der Waals surface area contributed by atoms with Crippen LogP contribution in [-0.2, 0) is 9.59 Å². The van der Waals surface area contributed by atoms with E-state index < -0.39 is 34.8 Å². The quantitative estimate of drug-likeness (QED) is 0.265. The van der Waals surface area contributed by atoms with Gasteiger partial charge >= 0.3 is 0 Å². The molecule has 43 heavy (non-hydrogen) atoms. The fourth-order valence-electron chi connectivity index (χ4n) is 5.57. The van der Waals surface area contributed by atoms with E-state index in [2.05, 4.69) is 20.8 Å². The van der Waals surface area contributed by atoms with E-state index in [0.717, 1.165) is 33.7 Å². The summed E-state index contributed by atoms with van der Waals surface area (Å²) in [6, 6.07) is 9.58. The first-order valence-electron chi connectivity index (χ1n) is 14.6. The van der Waals surface area contributed by atoms with Gasteiger partial charge in [0.2, 0.25) is 5.91 Å². The van der Waals surface area contributed by atoms with Gasteiger partial charge in [-0.2, -0.15) is 5.10 Å². The van der Waals surface area contributed by atoms with Crippen molar-refractivity contribution in [2.75, 3.05) is 5.32 Å². The van der Waals surface area contributed by atoms with Crippen molar-refractivity contribution >= 4 is 34.7 Å². The van der Waals surface area contributed by atoms with E-state index in [9.17, 15) is 18.8 Å². The van der Waals surface area contributed by atoms with Gasteiger partial charge in [-0.3, -0.25) is 19.5 Å². The van der Waals surface area contributed by atoms with Gasteiger partial charge in [0, 0.05) is 41.2 Å². The van der Waals surface area contributed by atoms with Gasteiger partial charge in [-0.1, -0.05) is 37.3 Å². The van der Waals surface area contributed by atoms with Crippen LogP contribution in [0.4, 0.5) is 10.1 Å². The summed E-state index contributed by atoms with van der Waals surface area (Å²) in [5, 5.41) is 12.4. The lowest BCUT2D eigenvalue weighted by atomic mass is 9.80. The second-order valence-corrected chi connectivity index (χ2v) is 12.4. The van der Waals surface area contributed by atoms with Crippen LogP contribution in [0.3, 0.4) is 0 Å². The summed E-state index contributed by atoms with van der Waals surface area (Å²) in [5.74, 6) is -2.12. The number of aryl methyl sites for hydroxylation is 2. The average molecular weight is 606 g/mol. The molecule has 10 heteroatoms. The Morgan fingerprint density at radius 3 is 2.37 bits per heavy atom. The van der Waals surface area contributed by atoms with Gasteiger partial charge in [-0.05, 0) is 81.4 Å². The van der Waals surface area contributed by atoms with Crippen molar-refractivity contribution in [3.63, 3.8) is 0 Å². The number of nitrogens with zero attached hydrogens (tertiary/aromatic N) is 2. The Balaban J connectivity index is 1.41. The molecule has 3 N–H and O–H groups in total. The number of allylic oxidation sites excluding steroid dienone is 4. The Labute approximate surface area is 255 Å². The zero-order chi connectivity index (χ0) is 31.1. The smallest absolute Gasteiger partial charge is 0.258 e. The molecule has 2 aliphatic carbocycles. The van der Waals surface area contributed by atoms with Crippen molar-refractivity contribution < 1.29 is 14.0 Å². The molecule has 3 unspecified atom stereocenters. The maximum atomic E-state index is 14.8. The predicted molar refractivity (Wildman–Crippen MR) is 168 cm³/mol. The molecule has 2 aliphatic rings. The first-order valence-corrected chi connectivity index (χ1v) is 15.0. The summed E-state index contributed by atoms with van der Waals surface area (Å²) in [5.41, 5.74) is 3.95. The van der Waals surface area contributed by atoms with Gasteiger partial charge in [-0.15, -0.1) is 11.6 Å². The van der Waals surface area contributed by atoms with Gasteiger partial charge in [-0.25, -0.2) is 4.39 Å². The minimum Gasteiger partial charge on any atom is -0.341 e. The van der Waals surface area contributed by atoms with E-state index in [-0.39, 0.29) is 30.4 Å². The number of aromatic amines is 1. The largest absolute Gasteiger partial charge is 0.341 e. The summed E-state index contributed by atoms with van der Waals surface area (Å²) < 4.78 is 16.4. The zero-order valence-electron chi connectivity index (χ0n) is 24.9. The van der Waals surface area contributed by atoms with Gasteiger partial charge in [0.15, 0.2) is 5.67 Å². The topological polar surface area (TPSA) is 109 Å². The highest BCUT2D eigenvalue weighted by Gasteiger charge is 2.52. The van der Waals surface area contributed by atoms with Gasteiger partial charge in [0.25, 0.3) is 11.5 Å². The monoisotopic (exact) mass is 605 g/mol. The minimum absolute atomic E-state index is 0.0170. The van der Waals surface area contributed by atoms with Crippen LogP contribution in [0, 0.1) is 25.7 Å². The normalized spacial score (nSPS) is 20.3. The van der Waals surface area contributed by atoms with Crippen molar-refractivity contribution in [3.8, 4) is 11.1 Å². The number of H-pyrrole nitrogens is 1. The molecular weight excluding hydrogens is 569 g/mol.